The highest BCUT2D eigenvalue weighted by Gasteiger charge is 2.39. The van der Waals surface area contributed by atoms with Crippen LogP contribution in [-0.4, -0.2) is 62.0 Å². The van der Waals surface area contributed by atoms with Gasteiger partial charge in [0.15, 0.2) is 0 Å². The van der Waals surface area contributed by atoms with Crippen LogP contribution in [0, 0.1) is 11.8 Å². The SMILES string of the molecule is CCNCCOCCNC(=O)CCN1C(=O)CC(C(C)C)C1=O. The summed E-state index contributed by atoms with van der Waals surface area (Å²) in [6, 6.07) is 0. The summed E-state index contributed by atoms with van der Waals surface area (Å²) < 4.78 is 5.34. The van der Waals surface area contributed by atoms with Gasteiger partial charge in [-0.2, -0.15) is 0 Å². The molecule has 0 radical (unpaired) electrons. The van der Waals surface area contributed by atoms with Gasteiger partial charge in [0.25, 0.3) is 0 Å². The maximum atomic E-state index is 12.1. The second-order valence-electron chi connectivity index (χ2n) is 6.00. The van der Waals surface area contributed by atoms with Crippen molar-refractivity contribution >= 4 is 17.7 Å². The fourth-order valence-electron chi connectivity index (χ4n) is 2.45. The van der Waals surface area contributed by atoms with Crippen molar-refractivity contribution in [3.63, 3.8) is 0 Å². The average molecular weight is 327 g/mol. The Morgan fingerprint density at radius 1 is 1.30 bits per heavy atom. The van der Waals surface area contributed by atoms with Gasteiger partial charge in [0.2, 0.25) is 17.7 Å². The standard InChI is InChI=1S/C16H29N3O4/c1-4-17-6-9-23-10-7-18-14(20)5-8-19-15(21)11-13(12(2)3)16(19)22/h12-13,17H,4-11H2,1-3H3,(H,18,20). The average Bonchev–Trinajstić information content (AvgIpc) is 2.79. The lowest BCUT2D eigenvalue weighted by molar-refractivity contribution is -0.140. The van der Waals surface area contributed by atoms with Gasteiger partial charge in [-0.1, -0.05) is 20.8 Å². The van der Waals surface area contributed by atoms with E-state index in [1.54, 1.807) is 0 Å². The van der Waals surface area contributed by atoms with E-state index in [-0.39, 0.29) is 48.9 Å². The minimum atomic E-state index is -0.240. The van der Waals surface area contributed by atoms with Gasteiger partial charge in [-0.25, -0.2) is 0 Å². The first-order chi connectivity index (χ1) is 11.0. The molecule has 2 N–H and O–H groups in total. The third-order valence-corrected chi connectivity index (χ3v) is 3.89. The predicted octanol–water partition coefficient (Wildman–Crippen LogP) is 0.150. The van der Waals surface area contributed by atoms with Crippen LogP contribution in [-0.2, 0) is 19.1 Å². The fraction of sp³-hybridized carbons (Fsp3) is 0.812. The largest absolute Gasteiger partial charge is 0.378 e. The summed E-state index contributed by atoms with van der Waals surface area (Å²) in [4.78, 5) is 36.9. The van der Waals surface area contributed by atoms with Crippen LogP contribution in [0.5, 0.6) is 0 Å². The first-order valence-electron chi connectivity index (χ1n) is 8.36. The molecule has 0 aliphatic carbocycles. The van der Waals surface area contributed by atoms with Crippen LogP contribution in [0.3, 0.4) is 0 Å². The number of ether oxygens (including phenoxy) is 1. The summed E-state index contributed by atoms with van der Waals surface area (Å²) in [5.41, 5.74) is 0. The minimum Gasteiger partial charge on any atom is -0.378 e. The molecule has 7 nitrogen and oxygen atoms in total. The third-order valence-electron chi connectivity index (χ3n) is 3.89. The number of hydrogen-bond donors (Lipinski definition) is 2. The number of carbonyl (C=O) groups excluding carboxylic acids is 3. The zero-order chi connectivity index (χ0) is 17.2. The number of likely N-dealkylation sites (tertiary alicyclic amines) is 1. The number of likely N-dealkylation sites (N-methyl/N-ethyl adjacent to an activating group) is 1. The summed E-state index contributed by atoms with van der Waals surface area (Å²) in [7, 11) is 0. The lowest BCUT2D eigenvalue weighted by Gasteiger charge is -2.16. The molecule has 7 heteroatoms. The van der Waals surface area contributed by atoms with Gasteiger partial charge in [0.1, 0.15) is 0 Å². The van der Waals surface area contributed by atoms with Crippen molar-refractivity contribution in [2.45, 2.75) is 33.6 Å². The number of rotatable bonds is 11. The quantitative estimate of drug-likeness (QED) is 0.417. The van der Waals surface area contributed by atoms with E-state index in [2.05, 4.69) is 10.6 Å². The Morgan fingerprint density at radius 2 is 2.00 bits per heavy atom. The summed E-state index contributed by atoms with van der Waals surface area (Å²) in [6.07, 6.45) is 0.400. The number of amides is 3. The molecule has 1 atom stereocenters. The van der Waals surface area contributed by atoms with E-state index in [1.165, 1.54) is 4.90 Å². The molecule has 1 unspecified atom stereocenters. The van der Waals surface area contributed by atoms with Gasteiger partial charge in [0.05, 0.1) is 13.2 Å². The van der Waals surface area contributed by atoms with Crippen LogP contribution in [0.25, 0.3) is 0 Å². The van der Waals surface area contributed by atoms with E-state index < -0.39 is 0 Å². The lowest BCUT2D eigenvalue weighted by Crippen LogP contribution is -2.36. The van der Waals surface area contributed by atoms with Crippen LogP contribution in [0.4, 0.5) is 0 Å². The van der Waals surface area contributed by atoms with Crippen molar-refractivity contribution in [2.24, 2.45) is 11.8 Å². The topological polar surface area (TPSA) is 87.7 Å². The van der Waals surface area contributed by atoms with E-state index in [0.29, 0.717) is 19.8 Å². The highest BCUT2D eigenvalue weighted by molar-refractivity contribution is 6.03. The summed E-state index contributed by atoms with van der Waals surface area (Å²) in [6.45, 7) is 9.25. The second-order valence-corrected chi connectivity index (χ2v) is 6.00. The number of imide groups is 1. The normalized spacial score (nSPS) is 18.1. The summed E-state index contributed by atoms with van der Waals surface area (Å²) in [5.74, 6) is -0.591. The fourth-order valence-corrected chi connectivity index (χ4v) is 2.45. The lowest BCUT2D eigenvalue weighted by atomic mass is 9.94. The maximum absolute atomic E-state index is 12.1. The van der Waals surface area contributed by atoms with Crippen molar-refractivity contribution < 1.29 is 19.1 Å². The molecule has 1 fully saturated rings. The van der Waals surface area contributed by atoms with Crippen molar-refractivity contribution in [2.75, 3.05) is 39.4 Å². The van der Waals surface area contributed by atoms with E-state index >= 15 is 0 Å². The van der Waals surface area contributed by atoms with Crippen LogP contribution >= 0.6 is 0 Å². The number of nitrogens with one attached hydrogen (secondary N) is 2. The Kier molecular flexibility index (Phi) is 8.79. The van der Waals surface area contributed by atoms with Crippen LogP contribution in [0.15, 0.2) is 0 Å². The Bertz CT molecular complexity index is 412. The van der Waals surface area contributed by atoms with E-state index in [9.17, 15) is 14.4 Å². The van der Waals surface area contributed by atoms with Crippen molar-refractivity contribution in [1.82, 2.24) is 15.5 Å². The predicted molar refractivity (Wildman–Crippen MR) is 86.7 cm³/mol. The number of carbonyl (C=O) groups is 3. The van der Waals surface area contributed by atoms with E-state index in [4.69, 9.17) is 4.74 Å². The molecule has 0 aromatic carbocycles. The molecule has 0 spiro atoms. The van der Waals surface area contributed by atoms with E-state index in [1.807, 2.05) is 20.8 Å². The molecule has 1 saturated heterocycles. The Morgan fingerprint density at radius 3 is 2.61 bits per heavy atom. The van der Waals surface area contributed by atoms with Crippen molar-refractivity contribution in [1.29, 1.82) is 0 Å². The molecule has 132 valence electrons. The molecule has 1 aliphatic rings. The molecule has 1 rings (SSSR count). The van der Waals surface area contributed by atoms with Crippen LogP contribution in [0.2, 0.25) is 0 Å². The second kappa shape index (κ2) is 10.3. The highest BCUT2D eigenvalue weighted by Crippen LogP contribution is 2.26. The molecular formula is C16H29N3O4. The first-order valence-corrected chi connectivity index (χ1v) is 8.36. The van der Waals surface area contributed by atoms with Gasteiger partial charge >= 0.3 is 0 Å². The van der Waals surface area contributed by atoms with Crippen LogP contribution < -0.4 is 10.6 Å². The summed E-state index contributed by atoms with van der Waals surface area (Å²) in [5, 5.41) is 5.86. The monoisotopic (exact) mass is 327 g/mol. The molecular weight excluding hydrogens is 298 g/mol. The van der Waals surface area contributed by atoms with Crippen molar-refractivity contribution in [3.8, 4) is 0 Å². The minimum absolute atomic E-state index is 0.139. The number of nitrogens with zero attached hydrogens (tertiary/aromatic N) is 1. The van der Waals surface area contributed by atoms with Gasteiger partial charge in [-0.05, 0) is 12.5 Å². The molecule has 0 aromatic heterocycles. The number of hydrogen-bond acceptors (Lipinski definition) is 5. The highest BCUT2D eigenvalue weighted by atomic mass is 16.5. The van der Waals surface area contributed by atoms with Gasteiger partial charge < -0.3 is 15.4 Å². The summed E-state index contributed by atoms with van der Waals surface area (Å²) >= 11 is 0. The van der Waals surface area contributed by atoms with Crippen molar-refractivity contribution in [3.05, 3.63) is 0 Å². The Labute approximate surface area is 138 Å². The maximum Gasteiger partial charge on any atom is 0.233 e. The molecule has 1 aliphatic heterocycles. The van der Waals surface area contributed by atoms with Crippen LogP contribution in [0.1, 0.15) is 33.6 Å². The third kappa shape index (κ3) is 6.66. The molecule has 0 aromatic rings. The Hall–Kier alpha value is -1.47. The Balaban J connectivity index is 2.16. The van der Waals surface area contributed by atoms with Gasteiger partial charge in [-0.3, -0.25) is 19.3 Å². The zero-order valence-corrected chi connectivity index (χ0v) is 14.4. The van der Waals surface area contributed by atoms with Gasteiger partial charge in [-0.15, -0.1) is 0 Å². The first kappa shape index (κ1) is 19.6. The molecule has 23 heavy (non-hydrogen) atoms. The van der Waals surface area contributed by atoms with E-state index in [0.717, 1.165) is 13.1 Å². The smallest absolute Gasteiger partial charge is 0.233 e. The zero-order valence-electron chi connectivity index (χ0n) is 14.4. The van der Waals surface area contributed by atoms with Gasteiger partial charge in [0, 0.05) is 38.4 Å². The molecule has 1 heterocycles. The molecule has 0 bridgehead atoms. The molecule has 0 saturated carbocycles. The molecule has 3 amide bonds.